The molecule has 1 aliphatic rings. The van der Waals surface area contributed by atoms with Crippen molar-refractivity contribution in [1.29, 1.82) is 0 Å². The Bertz CT molecular complexity index is 1190. The van der Waals surface area contributed by atoms with Crippen LogP contribution >= 0.6 is 0 Å². The van der Waals surface area contributed by atoms with E-state index in [9.17, 15) is 14.4 Å². The number of benzene rings is 2. The Morgan fingerprint density at radius 3 is 2.27 bits per heavy atom. The first kappa shape index (κ1) is 22.5. The van der Waals surface area contributed by atoms with Gasteiger partial charge in [-0.05, 0) is 25.3 Å². The summed E-state index contributed by atoms with van der Waals surface area (Å²) >= 11 is 0. The lowest BCUT2D eigenvalue weighted by molar-refractivity contribution is -0.127. The highest BCUT2D eigenvalue weighted by molar-refractivity contribution is 6.03. The molecule has 2 heterocycles. The summed E-state index contributed by atoms with van der Waals surface area (Å²) in [6, 6.07) is 19.0. The third-order valence-corrected chi connectivity index (χ3v) is 5.85. The zero-order chi connectivity index (χ0) is 23.2. The van der Waals surface area contributed by atoms with Crippen LogP contribution in [-0.4, -0.2) is 46.1 Å². The molecule has 2 aromatic carbocycles. The van der Waals surface area contributed by atoms with E-state index in [0.29, 0.717) is 43.7 Å². The molecule has 1 aliphatic heterocycles. The van der Waals surface area contributed by atoms with Gasteiger partial charge in [-0.3, -0.25) is 14.4 Å². The fourth-order valence-corrected chi connectivity index (χ4v) is 4.18. The molecule has 0 unspecified atom stereocenters. The van der Waals surface area contributed by atoms with Crippen molar-refractivity contribution in [3.05, 3.63) is 76.6 Å². The minimum atomic E-state index is -0.423. The van der Waals surface area contributed by atoms with Gasteiger partial charge in [0, 0.05) is 43.7 Å². The summed E-state index contributed by atoms with van der Waals surface area (Å²) < 4.78 is 1.34. The topological polar surface area (TPSA) is 84.3 Å². The van der Waals surface area contributed by atoms with Crippen molar-refractivity contribution in [2.45, 2.75) is 32.7 Å². The number of aryl methyl sites for hydroxylation is 1. The Kier molecular flexibility index (Phi) is 6.98. The van der Waals surface area contributed by atoms with Crippen LogP contribution in [0.5, 0.6) is 0 Å². The summed E-state index contributed by atoms with van der Waals surface area (Å²) in [4.78, 5) is 40.3. The van der Waals surface area contributed by atoms with Crippen molar-refractivity contribution in [3.8, 4) is 22.4 Å². The minimum absolute atomic E-state index is 0.0918. The zero-order valence-corrected chi connectivity index (χ0v) is 18.8. The van der Waals surface area contributed by atoms with Gasteiger partial charge in [-0.2, -0.15) is 5.10 Å². The van der Waals surface area contributed by atoms with E-state index in [1.54, 1.807) is 0 Å². The standard InChI is InChI=1S/C26H28N4O3/c1-2-30-26(33)23(25(32)27-16-10-18-29-17-9-15-21(29)31)22(19-11-5-3-6-12-19)24(28-30)20-13-7-4-8-14-20/h3-8,11-14H,2,9-10,15-18H2,1H3,(H,27,32). The minimum Gasteiger partial charge on any atom is -0.352 e. The number of hydrogen-bond donors (Lipinski definition) is 1. The van der Waals surface area contributed by atoms with Crippen LogP contribution in [0.25, 0.3) is 22.4 Å². The van der Waals surface area contributed by atoms with E-state index < -0.39 is 11.5 Å². The molecule has 1 saturated heterocycles. The van der Waals surface area contributed by atoms with Gasteiger partial charge in [0.25, 0.3) is 11.5 Å². The number of amides is 2. The Morgan fingerprint density at radius 2 is 1.67 bits per heavy atom. The summed E-state index contributed by atoms with van der Waals surface area (Å²) in [7, 11) is 0. The molecule has 2 amide bonds. The number of rotatable bonds is 8. The lowest BCUT2D eigenvalue weighted by Gasteiger charge is -2.18. The highest BCUT2D eigenvalue weighted by atomic mass is 16.2. The molecule has 170 valence electrons. The number of likely N-dealkylation sites (tertiary alicyclic amines) is 1. The average Bonchev–Trinajstić information content (AvgIpc) is 3.27. The number of nitrogens with zero attached hydrogens (tertiary/aromatic N) is 3. The third kappa shape index (κ3) is 4.87. The van der Waals surface area contributed by atoms with E-state index in [1.165, 1.54) is 4.68 Å². The van der Waals surface area contributed by atoms with Crippen LogP contribution in [0, 0.1) is 0 Å². The van der Waals surface area contributed by atoms with Gasteiger partial charge in [0.1, 0.15) is 5.56 Å². The predicted molar refractivity (Wildman–Crippen MR) is 128 cm³/mol. The second-order valence-electron chi connectivity index (χ2n) is 8.05. The molecule has 4 rings (SSSR count). The predicted octanol–water partition coefficient (Wildman–Crippen LogP) is 3.34. The Morgan fingerprint density at radius 1 is 1.00 bits per heavy atom. The van der Waals surface area contributed by atoms with Gasteiger partial charge < -0.3 is 10.2 Å². The van der Waals surface area contributed by atoms with E-state index in [-0.39, 0.29) is 11.5 Å². The molecule has 1 aromatic heterocycles. The smallest absolute Gasteiger partial charge is 0.280 e. The van der Waals surface area contributed by atoms with E-state index in [0.717, 1.165) is 24.1 Å². The van der Waals surface area contributed by atoms with Crippen molar-refractivity contribution in [1.82, 2.24) is 20.0 Å². The van der Waals surface area contributed by atoms with Crippen molar-refractivity contribution < 1.29 is 9.59 Å². The maximum Gasteiger partial charge on any atom is 0.280 e. The molecule has 7 nitrogen and oxygen atoms in total. The van der Waals surface area contributed by atoms with Crippen LogP contribution in [-0.2, 0) is 11.3 Å². The number of aromatic nitrogens is 2. The quantitative estimate of drug-likeness (QED) is 0.540. The molecule has 33 heavy (non-hydrogen) atoms. The van der Waals surface area contributed by atoms with Crippen molar-refractivity contribution in [2.75, 3.05) is 19.6 Å². The van der Waals surface area contributed by atoms with Gasteiger partial charge in [-0.25, -0.2) is 4.68 Å². The second-order valence-corrected chi connectivity index (χ2v) is 8.05. The molecule has 1 fully saturated rings. The first-order valence-corrected chi connectivity index (χ1v) is 11.4. The van der Waals surface area contributed by atoms with Crippen LogP contribution in [0.15, 0.2) is 65.5 Å². The highest BCUT2D eigenvalue weighted by Gasteiger charge is 2.25. The number of hydrogen-bond acceptors (Lipinski definition) is 4. The van der Waals surface area contributed by atoms with E-state index in [4.69, 9.17) is 0 Å². The van der Waals surface area contributed by atoms with Gasteiger partial charge in [-0.15, -0.1) is 0 Å². The molecule has 1 N–H and O–H groups in total. The molecular weight excluding hydrogens is 416 g/mol. The first-order chi connectivity index (χ1) is 16.1. The molecular formula is C26H28N4O3. The highest BCUT2D eigenvalue weighted by Crippen LogP contribution is 2.32. The fourth-order valence-electron chi connectivity index (χ4n) is 4.18. The molecule has 0 radical (unpaired) electrons. The monoisotopic (exact) mass is 444 g/mol. The van der Waals surface area contributed by atoms with Gasteiger partial charge in [0.05, 0.1) is 5.69 Å². The van der Waals surface area contributed by atoms with Crippen LogP contribution in [0.3, 0.4) is 0 Å². The second kappa shape index (κ2) is 10.3. The summed E-state index contributed by atoms with van der Waals surface area (Å²) in [6.45, 7) is 3.95. The van der Waals surface area contributed by atoms with Crippen molar-refractivity contribution >= 4 is 11.8 Å². The zero-order valence-electron chi connectivity index (χ0n) is 18.8. The normalized spacial score (nSPS) is 13.4. The Hall–Kier alpha value is -3.74. The molecule has 0 aliphatic carbocycles. The lowest BCUT2D eigenvalue weighted by Crippen LogP contribution is -2.36. The van der Waals surface area contributed by atoms with E-state index >= 15 is 0 Å². The largest absolute Gasteiger partial charge is 0.352 e. The van der Waals surface area contributed by atoms with Crippen LogP contribution in [0.2, 0.25) is 0 Å². The lowest BCUT2D eigenvalue weighted by atomic mass is 9.95. The fraction of sp³-hybridized carbons (Fsp3) is 0.308. The van der Waals surface area contributed by atoms with Crippen LogP contribution in [0.1, 0.15) is 36.5 Å². The maximum atomic E-state index is 13.3. The average molecular weight is 445 g/mol. The van der Waals surface area contributed by atoms with Gasteiger partial charge in [-0.1, -0.05) is 60.7 Å². The van der Waals surface area contributed by atoms with Gasteiger partial charge in [0.15, 0.2) is 0 Å². The van der Waals surface area contributed by atoms with Gasteiger partial charge >= 0.3 is 0 Å². The summed E-state index contributed by atoms with van der Waals surface area (Å²) in [5, 5.41) is 7.52. The molecule has 0 atom stereocenters. The third-order valence-electron chi connectivity index (χ3n) is 5.85. The van der Waals surface area contributed by atoms with Crippen molar-refractivity contribution in [3.63, 3.8) is 0 Å². The maximum absolute atomic E-state index is 13.3. The SMILES string of the molecule is CCn1nc(-c2ccccc2)c(-c2ccccc2)c(C(=O)NCCCN2CCCC2=O)c1=O. The van der Waals surface area contributed by atoms with Crippen LogP contribution < -0.4 is 10.9 Å². The molecule has 7 heteroatoms. The van der Waals surface area contributed by atoms with E-state index in [1.807, 2.05) is 72.5 Å². The van der Waals surface area contributed by atoms with Gasteiger partial charge in [0.2, 0.25) is 5.91 Å². The van der Waals surface area contributed by atoms with E-state index in [2.05, 4.69) is 10.4 Å². The number of carbonyl (C=O) groups excluding carboxylic acids is 2. The first-order valence-electron chi connectivity index (χ1n) is 11.4. The molecule has 3 aromatic rings. The molecule has 0 bridgehead atoms. The number of carbonyl (C=O) groups is 2. The number of nitrogens with one attached hydrogen (secondary N) is 1. The summed E-state index contributed by atoms with van der Waals surface area (Å²) in [6.07, 6.45) is 2.13. The molecule has 0 spiro atoms. The Labute approximate surface area is 193 Å². The summed E-state index contributed by atoms with van der Waals surface area (Å²) in [5.41, 5.74) is 2.40. The van der Waals surface area contributed by atoms with Crippen LogP contribution in [0.4, 0.5) is 0 Å². The Balaban J connectivity index is 1.70. The molecule has 0 saturated carbocycles. The summed E-state index contributed by atoms with van der Waals surface area (Å²) in [5.74, 6) is -0.256. The van der Waals surface area contributed by atoms with Crippen molar-refractivity contribution in [2.24, 2.45) is 0 Å².